The molecule has 1 rings (SSSR count). The van der Waals surface area contributed by atoms with Gasteiger partial charge in [-0.15, -0.1) is 0 Å². The van der Waals surface area contributed by atoms with E-state index in [2.05, 4.69) is 5.10 Å². The highest BCUT2D eigenvalue weighted by molar-refractivity contribution is 5.25. The summed E-state index contributed by atoms with van der Waals surface area (Å²) in [5.41, 5.74) is 9.44. The number of nitrogens with zero attached hydrogens (tertiary/aromatic N) is 2. The number of nitrogens with two attached hydrogens (primary N) is 1. The molecule has 0 aliphatic rings. The molecule has 0 saturated carbocycles. The molecule has 72 valence electrons. The standard InChI is InChI=1S/C10H17N3/c1-7(2)5-10(11)9-6-12-13(4)8(9)3/h5-6,10H,11H2,1-4H3. The quantitative estimate of drug-likeness (QED) is 0.702. The second kappa shape index (κ2) is 3.75. The Kier molecular flexibility index (Phi) is 2.88. The molecule has 0 bridgehead atoms. The third-order valence-electron chi connectivity index (χ3n) is 2.15. The molecular formula is C10H17N3. The van der Waals surface area contributed by atoms with Gasteiger partial charge >= 0.3 is 0 Å². The molecule has 0 fully saturated rings. The van der Waals surface area contributed by atoms with E-state index in [1.165, 1.54) is 5.57 Å². The van der Waals surface area contributed by atoms with Crippen molar-refractivity contribution in [1.82, 2.24) is 9.78 Å². The van der Waals surface area contributed by atoms with Gasteiger partial charge in [0.1, 0.15) is 0 Å². The van der Waals surface area contributed by atoms with E-state index in [1.54, 1.807) is 0 Å². The number of allylic oxidation sites excluding steroid dienone is 1. The lowest BCUT2D eigenvalue weighted by atomic mass is 10.1. The molecule has 0 saturated heterocycles. The van der Waals surface area contributed by atoms with E-state index in [0.717, 1.165) is 11.3 Å². The molecule has 0 aliphatic heterocycles. The van der Waals surface area contributed by atoms with Crippen molar-refractivity contribution in [2.45, 2.75) is 26.8 Å². The first-order valence-electron chi connectivity index (χ1n) is 4.41. The highest BCUT2D eigenvalue weighted by Gasteiger charge is 2.09. The molecule has 0 radical (unpaired) electrons. The molecule has 13 heavy (non-hydrogen) atoms. The van der Waals surface area contributed by atoms with Gasteiger partial charge in [-0.3, -0.25) is 4.68 Å². The lowest BCUT2D eigenvalue weighted by molar-refractivity contribution is 0.735. The molecule has 0 aromatic carbocycles. The maximum atomic E-state index is 5.98. The first-order chi connectivity index (χ1) is 6.02. The third kappa shape index (κ3) is 2.18. The first-order valence-corrected chi connectivity index (χ1v) is 4.41. The summed E-state index contributed by atoms with van der Waals surface area (Å²) in [6.07, 6.45) is 3.88. The largest absolute Gasteiger partial charge is 0.321 e. The minimum Gasteiger partial charge on any atom is -0.321 e. The molecule has 3 nitrogen and oxygen atoms in total. The van der Waals surface area contributed by atoms with Gasteiger partial charge in [0.2, 0.25) is 0 Å². The second-order valence-corrected chi connectivity index (χ2v) is 3.58. The molecule has 1 aromatic rings. The third-order valence-corrected chi connectivity index (χ3v) is 2.15. The van der Waals surface area contributed by atoms with E-state index < -0.39 is 0 Å². The van der Waals surface area contributed by atoms with Gasteiger partial charge in [-0.05, 0) is 20.8 Å². The molecule has 0 amide bonds. The Morgan fingerprint density at radius 1 is 1.62 bits per heavy atom. The van der Waals surface area contributed by atoms with Crippen molar-refractivity contribution in [2.24, 2.45) is 12.8 Å². The lowest BCUT2D eigenvalue weighted by Crippen LogP contribution is -2.08. The molecule has 1 unspecified atom stereocenters. The van der Waals surface area contributed by atoms with E-state index in [-0.39, 0.29) is 6.04 Å². The van der Waals surface area contributed by atoms with E-state index in [4.69, 9.17) is 5.73 Å². The Morgan fingerprint density at radius 2 is 2.23 bits per heavy atom. The zero-order valence-electron chi connectivity index (χ0n) is 8.70. The molecule has 1 aromatic heterocycles. The lowest BCUT2D eigenvalue weighted by Gasteiger charge is -2.06. The minimum atomic E-state index is -0.0290. The van der Waals surface area contributed by atoms with Gasteiger partial charge < -0.3 is 5.73 Å². The fraction of sp³-hybridized carbons (Fsp3) is 0.500. The molecule has 1 heterocycles. The number of aryl methyl sites for hydroxylation is 1. The van der Waals surface area contributed by atoms with Gasteiger partial charge in [0.05, 0.1) is 12.2 Å². The van der Waals surface area contributed by atoms with Crippen molar-refractivity contribution in [3.8, 4) is 0 Å². The molecular weight excluding hydrogens is 162 g/mol. The number of hydrogen-bond donors (Lipinski definition) is 1. The predicted octanol–water partition coefficient (Wildman–Crippen LogP) is 1.69. The summed E-state index contributed by atoms with van der Waals surface area (Å²) in [7, 11) is 1.92. The van der Waals surface area contributed by atoms with Gasteiger partial charge in [0, 0.05) is 18.3 Å². The second-order valence-electron chi connectivity index (χ2n) is 3.58. The fourth-order valence-electron chi connectivity index (χ4n) is 1.29. The van der Waals surface area contributed by atoms with Crippen LogP contribution in [-0.4, -0.2) is 9.78 Å². The summed E-state index contributed by atoms with van der Waals surface area (Å²) in [6, 6.07) is -0.0290. The van der Waals surface area contributed by atoms with Crippen LogP contribution in [0, 0.1) is 6.92 Å². The zero-order chi connectivity index (χ0) is 10.0. The van der Waals surface area contributed by atoms with Crippen LogP contribution in [0.1, 0.15) is 31.1 Å². The maximum absolute atomic E-state index is 5.98. The van der Waals surface area contributed by atoms with Crippen LogP contribution in [0.15, 0.2) is 17.8 Å². The van der Waals surface area contributed by atoms with Gasteiger partial charge in [-0.25, -0.2) is 0 Å². The Morgan fingerprint density at radius 3 is 2.62 bits per heavy atom. The highest BCUT2D eigenvalue weighted by atomic mass is 15.3. The van der Waals surface area contributed by atoms with Crippen LogP contribution in [0.3, 0.4) is 0 Å². The van der Waals surface area contributed by atoms with Crippen LogP contribution in [0.4, 0.5) is 0 Å². The summed E-state index contributed by atoms with van der Waals surface area (Å²) in [5.74, 6) is 0. The van der Waals surface area contributed by atoms with Crippen molar-refractivity contribution in [3.05, 3.63) is 29.1 Å². The van der Waals surface area contributed by atoms with Crippen LogP contribution < -0.4 is 5.73 Å². The van der Waals surface area contributed by atoms with Crippen molar-refractivity contribution < 1.29 is 0 Å². The Bertz CT molecular complexity index is 319. The minimum absolute atomic E-state index is 0.0290. The Hall–Kier alpha value is -1.09. The van der Waals surface area contributed by atoms with E-state index in [9.17, 15) is 0 Å². The van der Waals surface area contributed by atoms with Gasteiger partial charge in [-0.1, -0.05) is 11.6 Å². The average Bonchev–Trinajstić information content (AvgIpc) is 2.31. The maximum Gasteiger partial charge on any atom is 0.0543 e. The molecule has 0 aliphatic carbocycles. The van der Waals surface area contributed by atoms with E-state index in [1.807, 2.05) is 44.8 Å². The fourth-order valence-corrected chi connectivity index (χ4v) is 1.29. The Labute approximate surface area is 79.2 Å². The monoisotopic (exact) mass is 179 g/mol. The van der Waals surface area contributed by atoms with Crippen LogP contribution in [0.5, 0.6) is 0 Å². The average molecular weight is 179 g/mol. The zero-order valence-corrected chi connectivity index (χ0v) is 8.70. The van der Waals surface area contributed by atoms with Crippen molar-refractivity contribution in [2.75, 3.05) is 0 Å². The van der Waals surface area contributed by atoms with Crippen molar-refractivity contribution in [1.29, 1.82) is 0 Å². The van der Waals surface area contributed by atoms with Crippen LogP contribution >= 0.6 is 0 Å². The van der Waals surface area contributed by atoms with Gasteiger partial charge in [-0.2, -0.15) is 5.10 Å². The summed E-state index contributed by atoms with van der Waals surface area (Å²) >= 11 is 0. The normalized spacial score (nSPS) is 12.7. The van der Waals surface area contributed by atoms with Crippen LogP contribution in [0.25, 0.3) is 0 Å². The number of rotatable bonds is 2. The summed E-state index contributed by atoms with van der Waals surface area (Å²) in [5, 5.41) is 4.15. The smallest absolute Gasteiger partial charge is 0.0543 e. The SMILES string of the molecule is CC(C)=CC(N)c1cnn(C)c1C. The van der Waals surface area contributed by atoms with Crippen LogP contribution in [0.2, 0.25) is 0 Å². The first kappa shape index (κ1) is 9.99. The number of aromatic nitrogens is 2. The molecule has 2 N–H and O–H groups in total. The van der Waals surface area contributed by atoms with Crippen LogP contribution in [-0.2, 0) is 7.05 Å². The predicted molar refractivity (Wildman–Crippen MR) is 54.3 cm³/mol. The molecule has 3 heteroatoms. The topological polar surface area (TPSA) is 43.8 Å². The van der Waals surface area contributed by atoms with E-state index in [0.29, 0.717) is 0 Å². The summed E-state index contributed by atoms with van der Waals surface area (Å²) in [6.45, 7) is 6.12. The van der Waals surface area contributed by atoms with Crippen molar-refractivity contribution >= 4 is 0 Å². The van der Waals surface area contributed by atoms with E-state index >= 15 is 0 Å². The summed E-state index contributed by atoms with van der Waals surface area (Å²) in [4.78, 5) is 0. The summed E-state index contributed by atoms with van der Waals surface area (Å²) < 4.78 is 1.84. The van der Waals surface area contributed by atoms with Gasteiger partial charge in [0.25, 0.3) is 0 Å². The molecule has 0 spiro atoms. The number of hydrogen-bond acceptors (Lipinski definition) is 2. The van der Waals surface area contributed by atoms with Gasteiger partial charge in [0.15, 0.2) is 0 Å². The Balaban J connectivity index is 2.95. The molecule has 1 atom stereocenters. The highest BCUT2D eigenvalue weighted by Crippen LogP contribution is 2.16. The van der Waals surface area contributed by atoms with Crippen molar-refractivity contribution in [3.63, 3.8) is 0 Å².